The third-order valence-electron chi connectivity index (χ3n) is 3.19. The first-order valence-corrected chi connectivity index (χ1v) is 7.04. The molecular weight excluding hydrogens is 280 g/mol. The average molecular weight is 296 g/mol. The van der Waals surface area contributed by atoms with Gasteiger partial charge >= 0.3 is 0 Å². The number of amides is 1. The monoisotopic (exact) mass is 296 g/mol. The van der Waals surface area contributed by atoms with E-state index in [0.717, 1.165) is 23.3 Å². The number of fused-ring (bicyclic) bond motifs is 1. The lowest BCUT2D eigenvalue weighted by atomic mass is 10.2. The molecule has 2 aromatic heterocycles. The van der Waals surface area contributed by atoms with Gasteiger partial charge in [0.25, 0.3) is 0 Å². The topological polar surface area (TPSA) is 68.5 Å². The van der Waals surface area contributed by atoms with E-state index in [1.165, 1.54) is 6.92 Å². The standard InChI is InChI=1S/C16H16N4O2/c1-3-12-10-15(19-20-9-8-17-16(12)20)22-14-6-4-13(5-7-14)18-11(2)21/h4-10H,3H2,1-2H3,(H,18,21). The van der Waals surface area contributed by atoms with Gasteiger partial charge in [0.1, 0.15) is 5.75 Å². The Bertz CT molecular complexity index is 809. The molecule has 0 radical (unpaired) electrons. The minimum atomic E-state index is -0.103. The van der Waals surface area contributed by atoms with Gasteiger partial charge in [-0.1, -0.05) is 6.92 Å². The maximum absolute atomic E-state index is 11.0. The second kappa shape index (κ2) is 5.85. The van der Waals surface area contributed by atoms with Crippen molar-refractivity contribution in [2.75, 3.05) is 5.32 Å². The molecule has 22 heavy (non-hydrogen) atoms. The van der Waals surface area contributed by atoms with Gasteiger partial charge in [-0.15, -0.1) is 5.10 Å². The quantitative estimate of drug-likeness (QED) is 0.803. The second-order valence-electron chi connectivity index (χ2n) is 4.86. The highest BCUT2D eigenvalue weighted by molar-refractivity contribution is 5.88. The van der Waals surface area contributed by atoms with E-state index in [0.29, 0.717) is 11.6 Å². The number of aryl methyl sites for hydroxylation is 1. The third kappa shape index (κ3) is 2.90. The Morgan fingerprint density at radius 1 is 1.32 bits per heavy atom. The Balaban J connectivity index is 1.84. The summed E-state index contributed by atoms with van der Waals surface area (Å²) in [4.78, 5) is 15.3. The SMILES string of the molecule is CCc1cc(Oc2ccc(NC(C)=O)cc2)nn2ccnc12. The fraction of sp³-hybridized carbons (Fsp3) is 0.188. The molecule has 0 aliphatic heterocycles. The molecule has 0 saturated heterocycles. The van der Waals surface area contributed by atoms with Crippen molar-refractivity contribution in [1.29, 1.82) is 0 Å². The zero-order valence-electron chi connectivity index (χ0n) is 12.4. The zero-order chi connectivity index (χ0) is 15.5. The van der Waals surface area contributed by atoms with E-state index in [1.54, 1.807) is 41.2 Å². The van der Waals surface area contributed by atoms with Crippen LogP contribution in [0.1, 0.15) is 19.4 Å². The van der Waals surface area contributed by atoms with Crippen LogP contribution in [0.15, 0.2) is 42.7 Å². The smallest absolute Gasteiger partial charge is 0.237 e. The van der Waals surface area contributed by atoms with Crippen molar-refractivity contribution >= 4 is 17.2 Å². The predicted molar refractivity (Wildman–Crippen MR) is 83.2 cm³/mol. The van der Waals surface area contributed by atoms with Gasteiger partial charge in [0.05, 0.1) is 0 Å². The molecule has 0 fully saturated rings. The summed E-state index contributed by atoms with van der Waals surface area (Å²) in [6, 6.07) is 9.04. The van der Waals surface area contributed by atoms with E-state index in [9.17, 15) is 4.79 Å². The van der Waals surface area contributed by atoms with Gasteiger partial charge in [-0.2, -0.15) is 0 Å². The lowest BCUT2D eigenvalue weighted by molar-refractivity contribution is -0.114. The first-order chi connectivity index (χ1) is 10.7. The highest BCUT2D eigenvalue weighted by Crippen LogP contribution is 2.23. The molecule has 0 unspecified atom stereocenters. The van der Waals surface area contributed by atoms with Gasteiger partial charge in [0.15, 0.2) is 5.65 Å². The zero-order valence-corrected chi connectivity index (χ0v) is 12.4. The van der Waals surface area contributed by atoms with Gasteiger partial charge in [-0.3, -0.25) is 4.79 Å². The molecule has 112 valence electrons. The number of anilines is 1. The first-order valence-electron chi connectivity index (χ1n) is 7.04. The Hall–Kier alpha value is -2.89. The molecule has 6 nitrogen and oxygen atoms in total. The Labute approximate surface area is 127 Å². The number of imidazole rings is 1. The van der Waals surface area contributed by atoms with Gasteiger partial charge in [0.2, 0.25) is 11.8 Å². The summed E-state index contributed by atoms with van der Waals surface area (Å²) >= 11 is 0. The number of rotatable bonds is 4. The summed E-state index contributed by atoms with van der Waals surface area (Å²) in [5, 5.41) is 7.08. The van der Waals surface area contributed by atoms with Crippen molar-refractivity contribution in [2.45, 2.75) is 20.3 Å². The summed E-state index contributed by atoms with van der Waals surface area (Å²) < 4.78 is 7.49. The van der Waals surface area contributed by atoms with Crippen LogP contribution < -0.4 is 10.1 Å². The van der Waals surface area contributed by atoms with E-state index in [4.69, 9.17) is 4.74 Å². The number of carbonyl (C=O) groups excluding carboxylic acids is 1. The van der Waals surface area contributed by atoms with Crippen molar-refractivity contribution in [3.63, 3.8) is 0 Å². The van der Waals surface area contributed by atoms with Crippen molar-refractivity contribution in [1.82, 2.24) is 14.6 Å². The molecule has 0 spiro atoms. The number of aromatic nitrogens is 3. The molecule has 1 amide bonds. The fourth-order valence-corrected chi connectivity index (χ4v) is 2.20. The molecule has 2 heterocycles. The number of nitrogens with one attached hydrogen (secondary N) is 1. The van der Waals surface area contributed by atoms with Crippen LogP contribution >= 0.6 is 0 Å². The van der Waals surface area contributed by atoms with E-state index < -0.39 is 0 Å². The number of carbonyl (C=O) groups is 1. The van der Waals surface area contributed by atoms with E-state index in [-0.39, 0.29) is 5.91 Å². The maximum Gasteiger partial charge on any atom is 0.237 e. The van der Waals surface area contributed by atoms with Crippen LogP contribution in [0.3, 0.4) is 0 Å². The summed E-state index contributed by atoms with van der Waals surface area (Å²) in [5.41, 5.74) is 2.65. The molecule has 0 bridgehead atoms. The number of ether oxygens (including phenoxy) is 1. The summed E-state index contributed by atoms with van der Waals surface area (Å²) in [6.45, 7) is 3.54. The van der Waals surface area contributed by atoms with Crippen LogP contribution in [0.2, 0.25) is 0 Å². The number of benzene rings is 1. The summed E-state index contributed by atoms with van der Waals surface area (Å²) in [7, 11) is 0. The van der Waals surface area contributed by atoms with Gasteiger partial charge < -0.3 is 10.1 Å². The molecule has 0 atom stereocenters. The maximum atomic E-state index is 11.0. The molecule has 1 N–H and O–H groups in total. The lowest BCUT2D eigenvalue weighted by Crippen LogP contribution is -2.05. The van der Waals surface area contributed by atoms with E-state index >= 15 is 0 Å². The molecule has 3 rings (SSSR count). The average Bonchev–Trinajstić information content (AvgIpc) is 2.96. The molecule has 3 aromatic rings. The Morgan fingerprint density at radius 3 is 2.77 bits per heavy atom. The van der Waals surface area contributed by atoms with Crippen LogP contribution in [-0.2, 0) is 11.2 Å². The summed E-state index contributed by atoms with van der Waals surface area (Å²) in [5.74, 6) is 1.06. The minimum Gasteiger partial charge on any atom is -0.438 e. The van der Waals surface area contributed by atoms with Crippen LogP contribution in [0, 0.1) is 0 Å². The van der Waals surface area contributed by atoms with Crippen molar-refractivity contribution in [3.8, 4) is 11.6 Å². The highest BCUT2D eigenvalue weighted by atomic mass is 16.5. The Kier molecular flexibility index (Phi) is 3.74. The third-order valence-corrected chi connectivity index (χ3v) is 3.19. The molecular formula is C16H16N4O2. The number of nitrogens with zero attached hydrogens (tertiary/aromatic N) is 3. The van der Waals surface area contributed by atoms with Gasteiger partial charge in [-0.25, -0.2) is 9.50 Å². The summed E-state index contributed by atoms with van der Waals surface area (Å²) in [6.07, 6.45) is 4.36. The first kappa shape index (κ1) is 14.1. The molecule has 0 saturated carbocycles. The van der Waals surface area contributed by atoms with Crippen LogP contribution in [0.25, 0.3) is 5.65 Å². The van der Waals surface area contributed by atoms with Crippen LogP contribution in [-0.4, -0.2) is 20.5 Å². The number of hydrogen-bond acceptors (Lipinski definition) is 4. The second-order valence-corrected chi connectivity index (χ2v) is 4.86. The Morgan fingerprint density at radius 2 is 2.09 bits per heavy atom. The predicted octanol–water partition coefficient (Wildman–Crippen LogP) is 3.04. The minimum absolute atomic E-state index is 0.103. The fourth-order valence-electron chi connectivity index (χ4n) is 2.20. The van der Waals surface area contributed by atoms with E-state index in [1.807, 2.05) is 6.07 Å². The molecule has 6 heteroatoms. The largest absolute Gasteiger partial charge is 0.438 e. The molecule has 1 aromatic carbocycles. The lowest BCUT2D eigenvalue weighted by Gasteiger charge is -2.08. The van der Waals surface area contributed by atoms with E-state index in [2.05, 4.69) is 22.3 Å². The number of hydrogen-bond donors (Lipinski definition) is 1. The normalized spacial score (nSPS) is 10.6. The van der Waals surface area contributed by atoms with Crippen LogP contribution in [0.4, 0.5) is 5.69 Å². The van der Waals surface area contributed by atoms with Gasteiger partial charge in [-0.05, 0) is 30.7 Å². The van der Waals surface area contributed by atoms with Crippen molar-refractivity contribution in [3.05, 3.63) is 48.3 Å². The molecule has 0 aliphatic rings. The van der Waals surface area contributed by atoms with Crippen LogP contribution in [0.5, 0.6) is 11.6 Å². The van der Waals surface area contributed by atoms with Gasteiger partial charge in [0, 0.05) is 36.6 Å². The highest BCUT2D eigenvalue weighted by Gasteiger charge is 2.07. The van der Waals surface area contributed by atoms with Crippen molar-refractivity contribution < 1.29 is 9.53 Å². The van der Waals surface area contributed by atoms with Crippen molar-refractivity contribution in [2.24, 2.45) is 0 Å². The molecule has 0 aliphatic carbocycles.